The molecule has 3 fully saturated rings. The van der Waals surface area contributed by atoms with E-state index in [9.17, 15) is 0 Å². The fourth-order valence-electron chi connectivity index (χ4n) is 5.23. The summed E-state index contributed by atoms with van der Waals surface area (Å²) in [6.07, 6.45) is 21.0. The van der Waals surface area contributed by atoms with E-state index in [0.29, 0.717) is 24.9 Å². The average Bonchev–Trinajstić information content (AvgIpc) is 2.76. The van der Waals surface area contributed by atoms with Crippen LogP contribution in [0.15, 0.2) is 0 Å². The van der Waals surface area contributed by atoms with Gasteiger partial charge in [-0.3, -0.25) is 0 Å². The maximum absolute atomic E-state index is 6.93. The molecular formula is C23H46N2O3Si. The Morgan fingerprint density at radius 3 is 1.41 bits per heavy atom. The van der Waals surface area contributed by atoms with Crippen LogP contribution in [-0.2, 0) is 13.3 Å². The first-order valence-corrected chi connectivity index (χ1v) is 14.7. The Hall–Kier alpha value is 0.0169. The number of nitrogens with one attached hydrogen (secondary N) is 1. The van der Waals surface area contributed by atoms with E-state index in [1.165, 1.54) is 96.3 Å². The van der Waals surface area contributed by atoms with Crippen LogP contribution in [0.25, 0.3) is 0 Å². The standard InChI is InChI=1S/C23H46N2O3Si/c24-17-19-25-18-10-20-29(26-21-11-4-1-5-12-21,27-22-13-6-2-7-14-22)28-23-15-8-3-9-16-23/h21-23,25H,1-20,24H2. The van der Waals surface area contributed by atoms with E-state index in [0.717, 1.165) is 25.6 Å². The highest BCUT2D eigenvalue weighted by molar-refractivity contribution is 6.60. The summed E-state index contributed by atoms with van der Waals surface area (Å²) in [6, 6.07) is 0.952. The minimum Gasteiger partial charge on any atom is -0.370 e. The van der Waals surface area contributed by atoms with Gasteiger partial charge in [0.15, 0.2) is 0 Å². The monoisotopic (exact) mass is 426 g/mol. The van der Waals surface area contributed by atoms with Crippen molar-refractivity contribution in [1.29, 1.82) is 0 Å². The molecule has 29 heavy (non-hydrogen) atoms. The third kappa shape index (κ3) is 8.58. The van der Waals surface area contributed by atoms with E-state index in [2.05, 4.69) is 5.32 Å². The van der Waals surface area contributed by atoms with E-state index in [-0.39, 0.29) is 0 Å². The lowest BCUT2D eigenvalue weighted by Crippen LogP contribution is -2.53. The summed E-state index contributed by atoms with van der Waals surface area (Å²) in [5, 5.41) is 3.45. The maximum Gasteiger partial charge on any atom is 0.501 e. The van der Waals surface area contributed by atoms with Crippen molar-refractivity contribution in [2.75, 3.05) is 19.6 Å². The largest absolute Gasteiger partial charge is 0.501 e. The normalized spacial score (nSPS) is 23.5. The highest BCUT2D eigenvalue weighted by atomic mass is 28.4. The minimum atomic E-state index is -2.69. The molecule has 0 aromatic rings. The van der Waals surface area contributed by atoms with Gasteiger partial charge in [0.05, 0.1) is 0 Å². The van der Waals surface area contributed by atoms with Gasteiger partial charge in [-0.25, -0.2) is 0 Å². The molecule has 3 N–H and O–H groups in total. The second-order valence-corrected chi connectivity index (χ2v) is 12.0. The van der Waals surface area contributed by atoms with E-state index < -0.39 is 8.80 Å². The molecule has 0 bridgehead atoms. The minimum absolute atomic E-state index is 0.347. The Bertz CT molecular complexity index is 372. The molecule has 0 saturated heterocycles. The molecule has 3 rings (SSSR count). The first-order valence-electron chi connectivity index (χ1n) is 12.7. The second-order valence-electron chi connectivity index (χ2n) is 9.46. The summed E-state index contributed by atoms with van der Waals surface area (Å²) in [6.45, 7) is 2.55. The van der Waals surface area contributed by atoms with E-state index in [4.69, 9.17) is 19.0 Å². The molecule has 6 heteroatoms. The van der Waals surface area contributed by atoms with Crippen LogP contribution < -0.4 is 11.1 Å². The van der Waals surface area contributed by atoms with Gasteiger partial charge >= 0.3 is 8.80 Å². The molecule has 170 valence electrons. The Balaban J connectivity index is 1.68. The summed E-state index contributed by atoms with van der Waals surface area (Å²) in [5.41, 5.74) is 5.64. The van der Waals surface area contributed by atoms with Crippen LogP contribution in [-0.4, -0.2) is 46.8 Å². The van der Waals surface area contributed by atoms with Gasteiger partial charge in [0.2, 0.25) is 0 Å². The van der Waals surface area contributed by atoms with Crippen LogP contribution in [0, 0.1) is 0 Å². The van der Waals surface area contributed by atoms with Crippen LogP contribution >= 0.6 is 0 Å². The number of nitrogens with two attached hydrogens (primary N) is 1. The predicted molar refractivity (Wildman–Crippen MR) is 121 cm³/mol. The molecule has 0 unspecified atom stereocenters. The number of rotatable bonds is 12. The van der Waals surface area contributed by atoms with Gasteiger partial charge in [-0.15, -0.1) is 0 Å². The third-order valence-corrected chi connectivity index (χ3v) is 9.90. The molecule has 5 nitrogen and oxygen atoms in total. The summed E-state index contributed by atoms with van der Waals surface area (Å²) in [5.74, 6) is 0. The van der Waals surface area contributed by atoms with Crippen LogP contribution in [0.3, 0.4) is 0 Å². The molecule has 0 aromatic carbocycles. The van der Waals surface area contributed by atoms with Crippen LogP contribution in [0.2, 0.25) is 6.04 Å². The summed E-state index contributed by atoms with van der Waals surface area (Å²) < 4.78 is 20.8. The zero-order valence-corrected chi connectivity index (χ0v) is 19.7. The second kappa shape index (κ2) is 13.4. The molecule has 3 aliphatic rings. The smallest absolute Gasteiger partial charge is 0.370 e. The van der Waals surface area contributed by atoms with Crippen molar-refractivity contribution in [3.8, 4) is 0 Å². The highest BCUT2D eigenvalue weighted by Gasteiger charge is 2.47. The molecule has 0 atom stereocenters. The van der Waals surface area contributed by atoms with Crippen LogP contribution in [0.5, 0.6) is 0 Å². The van der Waals surface area contributed by atoms with Gasteiger partial charge in [-0.1, -0.05) is 57.8 Å². The van der Waals surface area contributed by atoms with Gasteiger partial charge in [-0.2, -0.15) is 0 Å². The van der Waals surface area contributed by atoms with Crippen molar-refractivity contribution in [2.45, 2.75) is 127 Å². The fourth-order valence-corrected chi connectivity index (χ4v) is 8.59. The molecular weight excluding hydrogens is 380 g/mol. The van der Waals surface area contributed by atoms with Gasteiger partial charge < -0.3 is 24.3 Å². The molecule has 3 aliphatic carbocycles. The average molecular weight is 427 g/mol. The maximum atomic E-state index is 6.93. The quantitative estimate of drug-likeness (QED) is 0.343. The molecule has 0 amide bonds. The lowest BCUT2D eigenvalue weighted by molar-refractivity contribution is -0.0410. The predicted octanol–water partition coefficient (Wildman–Crippen LogP) is 4.91. The summed E-state index contributed by atoms with van der Waals surface area (Å²) in [4.78, 5) is 0. The van der Waals surface area contributed by atoms with Gasteiger partial charge in [0.1, 0.15) is 0 Å². The Kier molecular flexibility index (Phi) is 11.0. The first kappa shape index (κ1) is 23.7. The molecule has 0 aromatic heterocycles. The van der Waals surface area contributed by atoms with Crippen LogP contribution in [0.1, 0.15) is 103 Å². The van der Waals surface area contributed by atoms with Gasteiger partial charge in [0.25, 0.3) is 0 Å². The number of hydrogen-bond donors (Lipinski definition) is 2. The van der Waals surface area contributed by atoms with Gasteiger partial charge in [-0.05, 0) is 51.5 Å². The zero-order valence-electron chi connectivity index (χ0n) is 18.7. The third-order valence-electron chi connectivity index (χ3n) is 6.85. The topological polar surface area (TPSA) is 65.7 Å². The van der Waals surface area contributed by atoms with Crippen molar-refractivity contribution in [3.05, 3.63) is 0 Å². The number of hydrogen-bond acceptors (Lipinski definition) is 5. The molecule has 0 aliphatic heterocycles. The van der Waals surface area contributed by atoms with E-state index >= 15 is 0 Å². The van der Waals surface area contributed by atoms with Crippen molar-refractivity contribution < 1.29 is 13.3 Å². The fraction of sp³-hybridized carbons (Fsp3) is 1.00. The van der Waals surface area contributed by atoms with Gasteiger partial charge in [0, 0.05) is 37.4 Å². The van der Waals surface area contributed by atoms with E-state index in [1.54, 1.807) is 0 Å². The summed E-state index contributed by atoms with van der Waals surface area (Å²) in [7, 11) is -2.69. The van der Waals surface area contributed by atoms with Crippen molar-refractivity contribution in [3.63, 3.8) is 0 Å². The van der Waals surface area contributed by atoms with Crippen molar-refractivity contribution in [2.24, 2.45) is 5.73 Å². The summed E-state index contributed by atoms with van der Waals surface area (Å²) >= 11 is 0. The van der Waals surface area contributed by atoms with Crippen LogP contribution in [0.4, 0.5) is 0 Å². The lowest BCUT2D eigenvalue weighted by atomic mass is 9.98. The Morgan fingerprint density at radius 1 is 0.621 bits per heavy atom. The highest BCUT2D eigenvalue weighted by Crippen LogP contribution is 2.34. The molecule has 0 heterocycles. The first-order chi connectivity index (χ1) is 14.3. The molecule has 0 spiro atoms. The SMILES string of the molecule is NCCNCCC[Si](OC1CCCCC1)(OC1CCCCC1)OC1CCCCC1. The van der Waals surface area contributed by atoms with Crippen molar-refractivity contribution in [1.82, 2.24) is 5.32 Å². The molecule has 3 saturated carbocycles. The molecule has 0 radical (unpaired) electrons. The van der Waals surface area contributed by atoms with Crippen molar-refractivity contribution >= 4 is 8.80 Å². The zero-order chi connectivity index (χ0) is 20.2. The Labute approximate surface area is 180 Å². The van der Waals surface area contributed by atoms with E-state index in [1.807, 2.05) is 0 Å². The Morgan fingerprint density at radius 2 is 1.03 bits per heavy atom. The lowest BCUT2D eigenvalue weighted by Gasteiger charge is -2.41.